The number of nitriles is 1. The molecule has 0 unspecified atom stereocenters. The van der Waals surface area contributed by atoms with E-state index in [-0.39, 0.29) is 17.9 Å². The van der Waals surface area contributed by atoms with Gasteiger partial charge in [0.2, 0.25) is 0 Å². The molecule has 0 saturated heterocycles. The minimum Gasteiger partial charge on any atom is -0.451 e. The molecule has 0 aliphatic heterocycles. The fraction of sp³-hybridized carbons (Fsp3) is 0.400. The third kappa shape index (κ3) is 6.81. The van der Waals surface area contributed by atoms with E-state index in [1.165, 1.54) is 23.1 Å². The molecule has 1 aromatic carbocycles. The first-order valence-corrected chi connectivity index (χ1v) is 10.6. The molecule has 6 nitrogen and oxygen atoms in total. The van der Waals surface area contributed by atoms with Crippen molar-refractivity contribution in [2.45, 2.75) is 47.2 Å². The van der Waals surface area contributed by atoms with Gasteiger partial charge in [-0.15, -0.1) is 0 Å². The first-order valence-electron chi connectivity index (χ1n) is 10.6. The number of benzene rings is 1. The topological polar surface area (TPSA) is 75.3 Å². The Labute approximate surface area is 188 Å². The van der Waals surface area contributed by atoms with Gasteiger partial charge in [-0.2, -0.15) is 5.26 Å². The maximum Gasteiger partial charge on any atom is 0.349 e. The van der Waals surface area contributed by atoms with Gasteiger partial charge in [-0.3, -0.25) is 4.79 Å². The summed E-state index contributed by atoms with van der Waals surface area (Å²) in [5.74, 6) is -1.05. The van der Waals surface area contributed by atoms with Crippen LogP contribution < -0.4 is 0 Å². The van der Waals surface area contributed by atoms with Crippen LogP contribution in [0.3, 0.4) is 0 Å². The van der Waals surface area contributed by atoms with Crippen molar-refractivity contribution in [1.82, 2.24) is 9.47 Å². The summed E-state index contributed by atoms with van der Waals surface area (Å²) >= 11 is 0. The van der Waals surface area contributed by atoms with Crippen LogP contribution in [0.15, 0.2) is 35.9 Å². The largest absolute Gasteiger partial charge is 0.451 e. The summed E-state index contributed by atoms with van der Waals surface area (Å²) in [4.78, 5) is 26.0. The van der Waals surface area contributed by atoms with E-state index in [2.05, 4.69) is 18.4 Å². The van der Waals surface area contributed by atoms with Gasteiger partial charge in [-0.1, -0.05) is 26.0 Å². The second-order valence-corrected chi connectivity index (χ2v) is 8.28. The second kappa shape index (κ2) is 11.3. The Hall–Kier alpha value is -3.40. The van der Waals surface area contributed by atoms with E-state index in [0.29, 0.717) is 5.92 Å². The summed E-state index contributed by atoms with van der Waals surface area (Å²) in [6.45, 7) is 8.90. The normalized spacial score (nSPS) is 11.4. The number of aromatic nitrogens is 1. The lowest BCUT2D eigenvalue weighted by molar-refractivity contribution is -0.148. The Morgan fingerprint density at radius 1 is 1.25 bits per heavy atom. The number of carbonyl (C=O) groups is 2. The summed E-state index contributed by atoms with van der Waals surface area (Å²) < 4.78 is 20.2. The van der Waals surface area contributed by atoms with Crippen LogP contribution in [-0.4, -0.2) is 35.0 Å². The minimum absolute atomic E-state index is 0.164. The van der Waals surface area contributed by atoms with Crippen LogP contribution >= 0.6 is 0 Å². The SMILES string of the molecule is Cc1cc(/C=C(\C#N)C(=O)OCC(=O)N(C)Cc2ccc(F)cc2)c(C)n1CCC(C)C. The molecule has 0 radical (unpaired) electrons. The number of hydrogen-bond donors (Lipinski definition) is 0. The van der Waals surface area contributed by atoms with E-state index in [4.69, 9.17) is 4.74 Å². The zero-order valence-corrected chi connectivity index (χ0v) is 19.3. The van der Waals surface area contributed by atoms with E-state index in [1.807, 2.05) is 26.0 Å². The first kappa shape index (κ1) is 24.9. The Morgan fingerprint density at radius 2 is 1.91 bits per heavy atom. The van der Waals surface area contributed by atoms with E-state index < -0.39 is 18.5 Å². The van der Waals surface area contributed by atoms with Crippen molar-refractivity contribution in [3.63, 3.8) is 0 Å². The number of esters is 1. The average Bonchev–Trinajstić information content (AvgIpc) is 3.02. The average molecular weight is 440 g/mol. The molecular formula is C25H30FN3O3. The van der Waals surface area contributed by atoms with Gasteiger partial charge in [-0.05, 0) is 61.6 Å². The molecule has 0 saturated carbocycles. The number of nitrogens with zero attached hydrogens (tertiary/aromatic N) is 3. The van der Waals surface area contributed by atoms with Gasteiger partial charge < -0.3 is 14.2 Å². The van der Waals surface area contributed by atoms with Crippen LogP contribution in [0.5, 0.6) is 0 Å². The summed E-state index contributed by atoms with van der Waals surface area (Å²) in [7, 11) is 1.56. The molecule has 1 amide bonds. The van der Waals surface area contributed by atoms with Crippen molar-refractivity contribution in [1.29, 1.82) is 5.26 Å². The summed E-state index contributed by atoms with van der Waals surface area (Å²) in [5, 5.41) is 9.44. The molecule has 2 aromatic rings. The lowest BCUT2D eigenvalue weighted by Crippen LogP contribution is -2.31. The van der Waals surface area contributed by atoms with Crippen LogP contribution in [0.1, 0.15) is 42.8 Å². The summed E-state index contributed by atoms with van der Waals surface area (Å²) in [6, 6.07) is 9.60. The predicted octanol–water partition coefficient (Wildman–Crippen LogP) is 4.40. The van der Waals surface area contributed by atoms with Gasteiger partial charge in [0, 0.05) is 31.5 Å². The molecule has 0 bridgehead atoms. The number of likely N-dealkylation sites (N-methyl/N-ethyl adjacent to an activating group) is 1. The van der Waals surface area contributed by atoms with Crippen molar-refractivity contribution >= 4 is 18.0 Å². The van der Waals surface area contributed by atoms with Gasteiger partial charge >= 0.3 is 5.97 Å². The first-order chi connectivity index (χ1) is 15.1. The molecule has 170 valence electrons. The fourth-order valence-corrected chi connectivity index (χ4v) is 3.26. The van der Waals surface area contributed by atoms with E-state index in [1.54, 1.807) is 19.2 Å². The van der Waals surface area contributed by atoms with Crippen LogP contribution in [0.2, 0.25) is 0 Å². The number of amides is 1. The lowest BCUT2D eigenvalue weighted by Gasteiger charge is -2.17. The molecule has 2 rings (SSSR count). The molecule has 1 aromatic heterocycles. The van der Waals surface area contributed by atoms with Crippen molar-refractivity contribution < 1.29 is 18.7 Å². The molecule has 0 N–H and O–H groups in total. The molecule has 0 spiro atoms. The smallest absolute Gasteiger partial charge is 0.349 e. The van der Waals surface area contributed by atoms with Gasteiger partial charge in [0.1, 0.15) is 17.5 Å². The molecular weight excluding hydrogens is 409 g/mol. The highest BCUT2D eigenvalue weighted by Gasteiger charge is 2.17. The third-order valence-electron chi connectivity index (χ3n) is 5.27. The van der Waals surface area contributed by atoms with Gasteiger partial charge in [0.15, 0.2) is 6.61 Å². The Morgan fingerprint density at radius 3 is 2.50 bits per heavy atom. The number of hydrogen-bond acceptors (Lipinski definition) is 4. The third-order valence-corrected chi connectivity index (χ3v) is 5.27. The number of halogens is 1. The van der Waals surface area contributed by atoms with E-state index in [0.717, 1.165) is 35.5 Å². The van der Waals surface area contributed by atoms with E-state index in [9.17, 15) is 19.2 Å². The van der Waals surface area contributed by atoms with Crippen molar-refractivity contribution in [2.24, 2.45) is 5.92 Å². The molecule has 7 heteroatoms. The molecule has 0 aliphatic rings. The second-order valence-electron chi connectivity index (χ2n) is 8.28. The zero-order chi connectivity index (χ0) is 23.8. The van der Waals surface area contributed by atoms with Crippen LogP contribution in [0.25, 0.3) is 6.08 Å². The molecule has 0 aliphatic carbocycles. The number of aryl methyl sites for hydroxylation is 1. The quantitative estimate of drug-likeness (QED) is 0.330. The Bertz CT molecular complexity index is 1030. The van der Waals surface area contributed by atoms with E-state index >= 15 is 0 Å². The molecule has 0 fully saturated rings. The van der Waals surface area contributed by atoms with Gasteiger partial charge in [0.25, 0.3) is 5.91 Å². The minimum atomic E-state index is -0.844. The molecule has 32 heavy (non-hydrogen) atoms. The van der Waals surface area contributed by atoms with Gasteiger partial charge in [-0.25, -0.2) is 9.18 Å². The number of rotatable bonds is 9. The highest BCUT2D eigenvalue weighted by Crippen LogP contribution is 2.20. The standard InChI is InChI=1S/C25H30FN3O3/c1-17(2)10-11-29-18(3)12-21(19(29)4)13-22(14-27)25(31)32-16-24(30)28(5)15-20-6-8-23(26)9-7-20/h6-9,12-13,17H,10-11,15-16H2,1-5H3/b22-13+. The fourth-order valence-electron chi connectivity index (χ4n) is 3.26. The monoisotopic (exact) mass is 439 g/mol. The highest BCUT2D eigenvalue weighted by atomic mass is 19.1. The van der Waals surface area contributed by atoms with Crippen LogP contribution in [0.4, 0.5) is 4.39 Å². The van der Waals surface area contributed by atoms with Crippen LogP contribution in [-0.2, 0) is 27.4 Å². The predicted molar refractivity (Wildman–Crippen MR) is 121 cm³/mol. The van der Waals surface area contributed by atoms with Crippen molar-refractivity contribution in [3.05, 3.63) is 64.2 Å². The lowest BCUT2D eigenvalue weighted by atomic mass is 10.1. The highest BCUT2D eigenvalue weighted by molar-refractivity contribution is 5.99. The number of ether oxygens (including phenoxy) is 1. The zero-order valence-electron chi connectivity index (χ0n) is 19.3. The van der Waals surface area contributed by atoms with Crippen molar-refractivity contribution in [3.8, 4) is 6.07 Å². The molecule has 1 heterocycles. The van der Waals surface area contributed by atoms with Crippen molar-refractivity contribution in [2.75, 3.05) is 13.7 Å². The summed E-state index contributed by atoms with van der Waals surface area (Å²) in [6.07, 6.45) is 2.53. The number of carbonyl (C=O) groups excluding carboxylic acids is 2. The maximum atomic E-state index is 13.0. The van der Waals surface area contributed by atoms with Crippen LogP contribution in [0, 0.1) is 36.9 Å². The van der Waals surface area contributed by atoms with Gasteiger partial charge in [0.05, 0.1) is 0 Å². The Kier molecular flexibility index (Phi) is 8.77. The summed E-state index contributed by atoms with van der Waals surface area (Å²) in [5.41, 5.74) is 3.39. The molecule has 0 atom stereocenters. The maximum absolute atomic E-state index is 13.0. The Balaban J connectivity index is 2.01.